The molecule has 1 aromatic rings. The lowest BCUT2D eigenvalue weighted by Gasteiger charge is -2.25. The van der Waals surface area contributed by atoms with Crippen LogP contribution < -0.4 is 5.73 Å². The van der Waals surface area contributed by atoms with Crippen molar-refractivity contribution in [3.8, 4) is 0 Å². The van der Waals surface area contributed by atoms with Crippen molar-refractivity contribution < 1.29 is 4.79 Å². The summed E-state index contributed by atoms with van der Waals surface area (Å²) in [5.74, 6) is 0.133. The first-order chi connectivity index (χ1) is 9.58. The average Bonchev–Trinajstić information content (AvgIpc) is 2.72. The van der Waals surface area contributed by atoms with Crippen LogP contribution in [0, 0.1) is 0 Å². The number of nitrogens with two attached hydrogens (primary N) is 1. The number of nitrogen functional groups attached to an aromatic ring is 1. The van der Waals surface area contributed by atoms with E-state index in [1.165, 1.54) is 10.4 Å². The SMILES string of the molecule is CCCN(CCC)C(=O)c1c(N)sc2c1CCN(C)C2. The second kappa shape index (κ2) is 6.59. The minimum Gasteiger partial charge on any atom is -0.390 e. The smallest absolute Gasteiger partial charge is 0.257 e. The fourth-order valence-corrected chi connectivity index (χ4v) is 3.99. The molecule has 0 saturated carbocycles. The zero-order chi connectivity index (χ0) is 14.7. The van der Waals surface area contributed by atoms with Crippen molar-refractivity contribution in [1.82, 2.24) is 9.80 Å². The van der Waals surface area contributed by atoms with Crippen LogP contribution >= 0.6 is 11.3 Å². The molecule has 1 aliphatic heterocycles. The number of amides is 1. The van der Waals surface area contributed by atoms with Crippen molar-refractivity contribution in [2.24, 2.45) is 0 Å². The number of thiophene rings is 1. The largest absolute Gasteiger partial charge is 0.390 e. The zero-order valence-corrected chi connectivity index (χ0v) is 13.6. The third-order valence-corrected chi connectivity index (χ3v) is 4.81. The number of carbonyl (C=O) groups excluding carboxylic acids is 1. The summed E-state index contributed by atoms with van der Waals surface area (Å²) in [6.45, 7) is 7.77. The van der Waals surface area contributed by atoms with E-state index in [4.69, 9.17) is 5.73 Å². The molecule has 0 atom stereocenters. The van der Waals surface area contributed by atoms with Gasteiger partial charge in [-0.2, -0.15) is 0 Å². The Morgan fingerprint density at radius 2 is 2.00 bits per heavy atom. The maximum atomic E-state index is 12.8. The van der Waals surface area contributed by atoms with Crippen LogP contribution in [0.3, 0.4) is 0 Å². The minimum absolute atomic E-state index is 0.133. The second-order valence-electron chi connectivity index (χ2n) is 5.52. The molecule has 0 fully saturated rings. The van der Waals surface area contributed by atoms with Gasteiger partial charge in [-0.3, -0.25) is 4.79 Å². The molecule has 2 N–H and O–H groups in total. The number of fused-ring (bicyclic) bond motifs is 1. The number of likely N-dealkylation sites (N-methyl/N-ethyl adjacent to an activating group) is 1. The molecule has 0 spiro atoms. The Labute approximate surface area is 125 Å². The van der Waals surface area contributed by atoms with Gasteiger partial charge in [-0.05, 0) is 31.9 Å². The Hall–Kier alpha value is -1.07. The first-order valence-electron chi connectivity index (χ1n) is 7.46. The van der Waals surface area contributed by atoms with Crippen LogP contribution in [0.5, 0.6) is 0 Å². The normalized spacial score (nSPS) is 15.2. The van der Waals surface area contributed by atoms with Crippen molar-refractivity contribution in [3.63, 3.8) is 0 Å². The highest BCUT2D eigenvalue weighted by Crippen LogP contribution is 2.35. The third-order valence-electron chi connectivity index (χ3n) is 3.76. The summed E-state index contributed by atoms with van der Waals surface area (Å²) in [6, 6.07) is 0. The molecule has 0 radical (unpaired) electrons. The van der Waals surface area contributed by atoms with Crippen molar-refractivity contribution in [3.05, 3.63) is 16.0 Å². The summed E-state index contributed by atoms with van der Waals surface area (Å²) in [6.07, 6.45) is 2.91. The van der Waals surface area contributed by atoms with E-state index >= 15 is 0 Å². The Kier molecular flexibility index (Phi) is 5.05. The van der Waals surface area contributed by atoms with Crippen LogP contribution in [-0.4, -0.2) is 42.4 Å². The molecule has 5 heteroatoms. The summed E-state index contributed by atoms with van der Waals surface area (Å²) in [5.41, 5.74) is 8.14. The van der Waals surface area contributed by atoms with Gasteiger partial charge in [0.1, 0.15) is 0 Å². The maximum absolute atomic E-state index is 12.8. The highest BCUT2D eigenvalue weighted by molar-refractivity contribution is 7.16. The number of nitrogens with zero attached hydrogens (tertiary/aromatic N) is 2. The summed E-state index contributed by atoms with van der Waals surface area (Å²) >= 11 is 1.59. The summed E-state index contributed by atoms with van der Waals surface area (Å²) in [4.78, 5) is 18.3. The maximum Gasteiger partial charge on any atom is 0.257 e. The Morgan fingerprint density at radius 1 is 1.35 bits per heavy atom. The molecular formula is C15H25N3OS. The van der Waals surface area contributed by atoms with Gasteiger partial charge in [-0.15, -0.1) is 11.3 Å². The highest BCUT2D eigenvalue weighted by atomic mass is 32.1. The molecule has 1 aromatic heterocycles. The molecule has 0 aliphatic carbocycles. The molecule has 0 aromatic carbocycles. The Bertz CT molecular complexity index is 478. The monoisotopic (exact) mass is 295 g/mol. The molecule has 0 bridgehead atoms. The van der Waals surface area contributed by atoms with Crippen LogP contribution in [0.15, 0.2) is 0 Å². The van der Waals surface area contributed by atoms with Gasteiger partial charge < -0.3 is 15.5 Å². The van der Waals surface area contributed by atoms with E-state index in [0.29, 0.717) is 5.00 Å². The first-order valence-corrected chi connectivity index (χ1v) is 8.27. The summed E-state index contributed by atoms with van der Waals surface area (Å²) in [7, 11) is 2.11. The molecule has 4 nitrogen and oxygen atoms in total. The van der Waals surface area contributed by atoms with Crippen LogP contribution in [0.2, 0.25) is 0 Å². The van der Waals surface area contributed by atoms with Gasteiger partial charge in [0.2, 0.25) is 0 Å². The van der Waals surface area contributed by atoms with E-state index in [1.54, 1.807) is 11.3 Å². The molecule has 112 valence electrons. The number of hydrogen-bond donors (Lipinski definition) is 1. The highest BCUT2D eigenvalue weighted by Gasteiger charge is 2.28. The molecule has 0 saturated heterocycles. The van der Waals surface area contributed by atoms with Gasteiger partial charge in [0, 0.05) is 31.1 Å². The van der Waals surface area contributed by atoms with E-state index < -0.39 is 0 Å². The van der Waals surface area contributed by atoms with E-state index in [0.717, 1.165) is 51.0 Å². The first kappa shape index (κ1) is 15.3. The fraction of sp³-hybridized carbons (Fsp3) is 0.667. The van der Waals surface area contributed by atoms with Crippen LogP contribution in [0.4, 0.5) is 5.00 Å². The standard InChI is InChI=1S/C15H25N3OS/c1-4-7-18(8-5-2)15(19)13-11-6-9-17(3)10-12(11)20-14(13)16/h4-10,16H2,1-3H3. The molecule has 2 rings (SSSR count). The van der Waals surface area contributed by atoms with E-state index in [9.17, 15) is 4.79 Å². The van der Waals surface area contributed by atoms with Crippen LogP contribution in [-0.2, 0) is 13.0 Å². The third kappa shape index (κ3) is 2.99. The van der Waals surface area contributed by atoms with Gasteiger partial charge in [0.25, 0.3) is 5.91 Å². The van der Waals surface area contributed by atoms with Crippen LogP contribution in [0.1, 0.15) is 47.5 Å². The number of rotatable bonds is 5. The lowest BCUT2D eigenvalue weighted by molar-refractivity contribution is 0.0755. The van der Waals surface area contributed by atoms with E-state index in [2.05, 4.69) is 25.8 Å². The summed E-state index contributed by atoms with van der Waals surface area (Å²) < 4.78 is 0. The number of anilines is 1. The van der Waals surface area contributed by atoms with Crippen LogP contribution in [0.25, 0.3) is 0 Å². The molecule has 20 heavy (non-hydrogen) atoms. The van der Waals surface area contributed by atoms with Crippen molar-refractivity contribution in [2.75, 3.05) is 32.4 Å². The quantitative estimate of drug-likeness (QED) is 0.908. The minimum atomic E-state index is 0.133. The van der Waals surface area contributed by atoms with Crippen molar-refractivity contribution in [2.45, 2.75) is 39.7 Å². The molecular weight excluding hydrogens is 270 g/mol. The Morgan fingerprint density at radius 3 is 2.60 bits per heavy atom. The lowest BCUT2D eigenvalue weighted by Crippen LogP contribution is -2.34. The predicted octanol–water partition coefficient (Wildman–Crippen LogP) is 2.58. The zero-order valence-electron chi connectivity index (χ0n) is 12.7. The van der Waals surface area contributed by atoms with Gasteiger partial charge in [0.15, 0.2) is 0 Å². The van der Waals surface area contributed by atoms with Gasteiger partial charge in [0.05, 0.1) is 10.6 Å². The van der Waals surface area contributed by atoms with Crippen molar-refractivity contribution >= 4 is 22.2 Å². The second-order valence-corrected chi connectivity index (χ2v) is 6.66. The van der Waals surface area contributed by atoms with Crippen molar-refractivity contribution in [1.29, 1.82) is 0 Å². The van der Waals surface area contributed by atoms with Gasteiger partial charge in [-0.25, -0.2) is 0 Å². The van der Waals surface area contributed by atoms with E-state index in [1.807, 2.05) is 4.90 Å². The Balaban J connectivity index is 2.29. The van der Waals surface area contributed by atoms with Gasteiger partial charge in [-0.1, -0.05) is 13.8 Å². The predicted molar refractivity (Wildman–Crippen MR) is 85.3 cm³/mol. The fourth-order valence-electron chi connectivity index (χ4n) is 2.80. The lowest BCUT2D eigenvalue weighted by atomic mass is 10.0. The van der Waals surface area contributed by atoms with Gasteiger partial charge >= 0.3 is 0 Å². The molecule has 0 unspecified atom stereocenters. The van der Waals surface area contributed by atoms with E-state index in [-0.39, 0.29) is 5.91 Å². The number of hydrogen-bond acceptors (Lipinski definition) is 4. The number of carbonyl (C=O) groups is 1. The average molecular weight is 295 g/mol. The molecule has 1 aliphatic rings. The molecule has 2 heterocycles. The summed E-state index contributed by atoms with van der Waals surface area (Å²) in [5, 5.41) is 0.701. The molecule has 1 amide bonds. The topological polar surface area (TPSA) is 49.6 Å².